The quantitative estimate of drug-likeness (QED) is 0.660. The van der Waals surface area contributed by atoms with Gasteiger partial charge in [-0.3, -0.25) is 5.10 Å². The number of aryl methyl sites for hydroxylation is 2. The summed E-state index contributed by atoms with van der Waals surface area (Å²) in [6, 6.07) is 8.13. The van der Waals surface area contributed by atoms with Gasteiger partial charge in [-0.25, -0.2) is 4.98 Å². The largest absolute Gasteiger partial charge is 0.344 e. The predicted octanol–water partition coefficient (Wildman–Crippen LogP) is 3.79. The molecule has 0 amide bonds. The lowest BCUT2D eigenvalue weighted by molar-refractivity contribution is 1.07. The van der Waals surface area contributed by atoms with Gasteiger partial charge in [-0.1, -0.05) is 12.1 Å². The molecule has 2 heterocycles. The van der Waals surface area contributed by atoms with E-state index in [1.807, 2.05) is 19.1 Å². The van der Waals surface area contributed by atoms with Crippen molar-refractivity contribution in [3.8, 4) is 0 Å². The molecule has 0 unspecified atom stereocenters. The number of rotatable bonds is 2. The molecule has 5 heteroatoms. The molecule has 20 heavy (non-hydrogen) atoms. The fourth-order valence-corrected chi connectivity index (χ4v) is 2.22. The van der Waals surface area contributed by atoms with Crippen molar-refractivity contribution in [3.63, 3.8) is 0 Å². The summed E-state index contributed by atoms with van der Waals surface area (Å²) in [5.41, 5.74) is 5.54. The van der Waals surface area contributed by atoms with Crippen molar-refractivity contribution in [1.29, 1.82) is 0 Å². The highest BCUT2D eigenvalue weighted by atomic mass is 15.1. The van der Waals surface area contributed by atoms with Crippen molar-refractivity contribution in [2.45, 2.75) is 20.8 Å². The molecule has 3 rings (SSSR count). The van der Waals surface area contributed by atoms with E-state index in [1.54, 1.807) is 6.20 Å². The van der Waals surface area contributed by atoms with Crippen LogP contribution in [0.5, 0.6) is 0 Å². The molecule has 5 N–H and O–H groups in total. The van der Waals surface area contributed by atoms with Crippen LogP contribution in [0.2, 0.25) is 0 Å². The molecule has 104 valence electrons. The van der Waals surface area contributed by atoms with Gasteiger partial charge in [0.15, 0.2) is 0 Å². The van der Waals surface area contributed by atoms with Gasteiger partial charge in [-0.2, -0.15) is 5.10 Å². The lowest BCUT2D eigenvalue weighted by atomic mass is 10.1. The van der Waals surface area contributed by atoms with Gasteiger partial charge in [0.1, 0.15) is 5.82 Å². The lowest BCUT2D eigenvalue weighted by Gasteiger charge is -2.11. The van der Waals surface area contributed by atoms with Gasteiger partial charge in [0, 0.05) is 17.6 Å². The Morgan fingerprint density at radius 2 is 1.90 bits per heavy atom. The zero-order chi connectivity index (χ0) is 13.4. The summed E-state index contributed by atoms with van der Waals surface area (Å²) >= 11 is 0. The van der Waals surface area contributed by atoms with E-state index in [0.717, 1.165) is 28.1 Å². The summed E-state index contributed by atoms with van der Waals surface area (Å²) in [7, 11) is 0. The van der Waals surface area contributed by atoms with Crippen LogP contribution in [0.15, 0.2) is 30.5 Å². The van der Waals surface area contributed by atoms with Crippen molar-refractivity contribution < 1.29 is 0 Å². The first kappa shape index (κ1) is 14.0. The molecular weight excluding hydrogens is 250 g/mol. The Hall–Kier alpha value is -2.40. The summed E-state index contributed by atoms with van der Waals surface area (Å²) in [5, 5.41) is 11.7. The molecule has 1 aromatic carbocycles. The Kier molecular flexibility index (Phi) is 3.72. The highest BCUT2D eigenvalue weighted by molar-refractivity contribution is 5.93. The van der Waals surface area contributed by atoms with Gasteiger partial charge < -0.3 is 11.5 Å². The van der Waals surface area contributed by atoms with Gasteiger partial charge in [0.25, 0.3) is 0 Å². The Morgan fingerprint density at radius 1 is 1.10 bits per heavy atom. The Labute approximate surface area is 118 Å². The van der Waals surface area contributed by atoms with Gasteiger partial charge >= 0.3 is 0 Å². The van der Waals surface area contributed by atoms with E-state index in [0.29, 0.717) is 0 Å². The number of nitrogens with zero attached hydrogens (tertiary/aromatic N) is 2. The second kappa shape index (κ2) is 5.30. The summed E-state index contributed by atoms with van der Waals surface area (Å²) in [4.78, 5) is 4.43. The van der Waals surface area contributed by atoms with Crippen LogP contribution in [-0.4, -0.2) is 15.2 Å². The number of hydrogen-bond donors (Lipinski definition) is 3. The number of aromatic nitrogens is 3. The minimum Gasteiger partial charge on any atom is -0.344 e. The van der Waals surface area contributed by atoms with Crippen LogP contribution >= 0.6 is 0 Å². The minimum atomic E-state index is 0. The molecule has 0 atom stereocenters. The Bertz CT molecular complexity index is 745. The second-order valence-corrected chi connectivity index (χ2v) is 4.77. The van der Waals surface area contributed by atoms with Crippen LogP contribution in [0.1, 0.15) is 16.8 Å². The third-order valence-corrected chi connectivity index (χ3v) is 3.51. The van der Waals surface area contributed by atoms with E-state index >= 15 is 0 Å². The van der Waals surface area contributed by atoms with Gasteiger partial charge in [0.05, 0.1) is 10.9 Å². The van der Waals surface area contributed by atoms with Crippen LogP contribution in [0, 0.1) is 20.8 Å². The number of aromatic amines is 1. The van der Waals surface area contributed by atoms with Gasteiger partial charge in [-0.05, 0) is 44.0 Å². The SMILES string of the molecule is Cc1cccc(Nc2nccc3n[nH]c(C)c23)c1C.N. The molecule has 2 aromatic heterocycles. The maximum Gasteiger partial charge on any atom is 0.141 e. The zero-order valence-electron chi connectivity index (χ0n) is 12.0. The molecular formula is C15H19N5. The summed E-state index contributed by atoms with van der Waals surface area (Å²) in [6.07, 6.45) is 1.77. The van der Waals surface area contributed by atoms with Crippen molar-refractivity contribution in [2.75, 3.05) is 5.32 Å². The maximum absolute atomic E-state index is 4.43. The number of pyridine rings is 1. The predicted molar refractivity (Wildman–Crippen MR) is 82.8 cm³/mol. The van der Waals surface area contributed by atoms with E-state index in [-0.39, 0.29) is 6.15 Å². The number of fused-ring (bicyclic) bond motifs is 1. The number of hydrogen-bond acceptors (Lipinski definition) is 4. The average molecular weight is 269 g/mol. The van der Waals surface area contributed by atoms with Crippen LogP contribution in [0.4, 0.5) is 11.5 Å². The summed E-state index contributed by atoms with van der Waals surface area (Å²) < 4.78 is 0. The van der Waals surface area contributed by atoms with Crippen LogP contribution < -0.4 is 11.5 Å². The summed E-state index contributed by atoms with van der Waals surface area (Å²) in [5.74, 6) is 0.845. The molecule has 0 spiro atoms. The average Bonchev–Trinajstić information content (AvgIpc) is 2.78. The minimum absolute atomic E-state index is 0. The van der Waals surface area contributed by atoms with E-state index in [4.69, 9.17) is 0 Å². The van der Waals surface area contributed by atoms with Gasteiger partial charge in [-0.15, -0.1) is 0 Å². The van der Waals surface area contributed by atoms with Crippen LogP contribution in [0.3, 0.4) is 0 Å². The lowest BCUT2D eigenvalue weighted by Crippen LogP contribution is -1.97. The molecule has 0 saturated heterocycles. The number of benzene rings is 1. The van der Waals surface area contributed by atoms with Crippen LogP contribution in [0.25, 0.3) is 10.9 Å². The third-order valence-electron chi connectivity index (χ3n) is 3.51. The smallest absolute Gasteiger partial charge is 0.141 e. The molecule has 0 aliphatic rings. The highest BCUT2D eigenvalue weighted by Crippen LogP contribution is 2.27. The van der Waals surface area contributed by atoms with E-state index in [9.17, 15) is 0 Å². The standard InChI is InChI=1S/C15H16N4.H3N/c1-9-5-4-6-12(10(9)2)17-15-14-11(3)18-19-13(14)7-8-16-15;/h4-8H,1-3H3,(H,16,17)(H,18,19);1H3. The molecule has 0 aliphatic heterocycles. The number of H-pyrrole nitrogens is 1. The second-order valence-electron chi connectivity index (χ2n) is 4.77. The molecule has 0 saturated carbocycles. The first-order valence-electron chi connectivity index (χ1n) is 6.30. The van der Waals surface area contributed by atoms with Crippen molar-refractivity contribution in [3.05, 3.63) is 47.3 Å². The third kappa shape index (κ3) is 2.23. The van der Waals surface area contributed by atoms with Crippen molar-refractivity contribution >= 4 is 22.4 Å². The van der Waals surface area contributed by atoms with Crippen molar-refractivity contribution in [2.24, 2.45) is 0 Å². The Balaban J connectivity index is 0.00000147. The van der Waals surface area contributed by atoms with Crippen molar-refractivity contribution in [1.82, 2.24) is 21.3 Å². The normalized spacial score (nSPS) is 10.3. The maximum atomic E-state index is 4.43. The van der Waals surface area contributed by atoms with E-state index < -0.39 is 0 Å². The molecule has 0 radical (unpaired) electrons. The van der Waals surface area contributed by atoms with E-state index in [2.05, 4.69) is 46.5 Å². The molecule has 0 fully saturated rings. The summed E-state index contributed by atoms with van der Waals surface area (Å²) in [6.45, 7) is 6.23. The molecule has 3 aromatic rings. The van der Waals surface area contributed by atoms with E-state index in [1.165, 1.54) is 11.1 Å². The fraction of sp³-hybridized carbons (Fsp3) is 0.200. The Morgan fingerprint density at radius 3 is 2.70 bits per heavy atom. The fourth-order valence-electron chi connectivity index (χ4n) is 2.22. The first-order chi connectivity index (χ1) is 9.16. The molecule has 0 bridgehead atoms. The highest BCUT2D eigenvalue weighted by Gasteiger charge is 2.09. The topological polar surface area (TPSA) is 88.6 Å². The number of anilines is 2. The van der Waals surface area contributed by atoms with Gasteiger partial charge in [0.2, 0.25) is 0 Å². The number of nitrogens with one attached hydrogen (secondary N) is 2. The zero-order valence-corrected chi connectivity index (χ0v) is 12.0. The molecule has 5 nitrogen and oxygen atoms in total. The molecule has 0 aliphatic carbocycles. The first-order valence-corrected chi connectivity index (χ1v) is 6.30. The van der Waals surface area contributed by atoms with Crippen LogP contribution in [-0.2, 0) is 0 Å². The monoisotopic (exact) mass is 269 g/mol.